The monoisotopic (exact) mass is 513 g/mol. The molecule has 2 aromatic rings. The van der Waals surface area contributed by atoms with Crippen LogP contribution in [0.15, 0.2) is 54.1 Å². The second-order valence-electron chi connectivity index (χ2n) is 9.88. The first-order valence-electron chi connectivity index (χ1n) is 11.7. The van der Waals surface area contributed by atoms with Gasteiger partial charge in [0.05, 0.1) is 0 Å². The van der Waals surface area contributed by atoms with Crippen molar-refractivity contribution in [2.24, 2.45) is 11.1 Å². The molecule has 1 fully saturated rings. The van der Waals surface area contributed by atoms with Gasteiger partial charge in [-0.15, -0.1) is 12.4 Å². The van der Waals surface area contributed by atoms with Crippen molar-refractivity contribution < 1.29 is 9.59 Å². The van der Waals surface area contributed by atoms with Gasteiger partial charge < -0.3 is 16.0 Å². The molecule has 1 aliphatic heterocycles. The number of fused-ring (bicyclic) bond motifs is 2. The minimum atomic E-state index is -0.728. The molecule has 188 valence electrons. The molecule has 4 rings (SSSR count). The summed E-state index contributed by atoms with van der Waals surface area (Å²) in [7, 11) is 0. The van der Waals surface area contributed by atoms with Crippen LogP contribution in [0, 0.1) is 5.41 Å². The molecule has 2 amide bonds. The largest absolute Gasteiger partial charge is 0.354 e. The van der Waals surface area contributed by atoms with E-state index in [2.05, 4.69) is 66.0 Å². The molecular weight excluding hydrogens is 478 g/mol. The number of nitrogens with zero attached hydrogens (tertiary/aromatic N) is 1. The molecule has 2 aromatic carbocycles. The van der Waals surface area contributed by atoms with Crippen molar-refractivity contribution in [2.75, 3.05) is 19.6 Å². The molecule has 0 saturated carbocycles. The Bertz CT molecular complexity index is 1080. The first-order valence-corrected chi connectivity index (χ1v) is 11.7. The Morgan fingerprint density at radius 3 is 1.91 bits per heavy atom. The zero-order valence-electron chi connectivity index (χ0n) is 20.6. The van der Waals surface area contributed by atoms with Crippen molar-refractivity contribution in [1.29, 1.82) is 0 Å². The van der Waals surface area contributed by atoms with Gasteiger partial charge in [0.1, 0.15) is 6.04 Å². The summed E-state index contributed by atoms with van der Waals surface area (Å²) in [6, 6.07) is 16.3. The third-order valence-corrected chi connectivity index (χ3v) is 6.42. The van der Waals surface area contributed by atoms with Crippen molar-refractivity contribution >= 4 is 55.4 Å². The number of carbonyl (C=O) groups is 2. The van der Waals surface area contributed by atoms with Gasteiger partial charge in [0, 0.05) is 25.0 Å². The maximum absolute atomic E-state index is 12.9. The van der Waals surface area contributed by atoms with Crippen LogP contribution >= 0.6 is 25.9 Å². The van der Waals surface area contributed by atoms with E-state index in [0.29, 0.717) is 13.1 Å². The van der Waals surface area contributed by atoms with Crippen molar-refractivity contribution in [3.05, 3.63) is 76.4 Å². The summed E-state index contributed by atoms with van der Waals surface area (Å²) in [5, 5.41) is 2.80. The minimum absolute atomic E-state index is 0. The summed E-state index contributed by atoms with van der Waals surface area (Å²) in [5.41, 5.74) is 13.2. The smallest absolute Gasteiger partial charge is 0.241 e. The highest BCUT2D eigenvalue weighted by molar-refractivity contribution is 7.59. The SMILES string of the molecule is CC(C)(C)C(=O)NC[C@H](N)C(=O)N1CCC(=C2c3ccccc3C=Cc3ccccc32)CC1.Cl.S. The predicted molar refractivity (Wildman–Crippen MR) is 152 cm³/mol. The Morgan fingerprint density at radius 2 is 1.43 bits per heavy atom. The number of nitrogens with one attached hydrogen (secondary N) is 1. The number of rotatable bonds is 3. The summed E-state index contributed by atoms with van der Waals surface area (Å²) < 4.78 is 0. The van der Waals surface area contributed by atoms with E-state index in [1.54, 1.807) is 0 Å². The second kappa shape index (κ2) is 11.9. The molecule has 1 atom stereocenters. The van der Waals surface area contributed by atoms with Gasteiger partial charge in [-0.25, -0.2) is 0 Å². The van der Waals surface area contributed by atoms with E-state index in [0.717, 1.165) is 12.8 Å². The molecule has 0 aromatic heterocycles. The molecule has 5 nitrogen and oxygen atoms in total. The highest BCUT2D eigenvalue weighted by Crippen LogP contribution is 2.38. The lowest BCUT2D eigenvalue weighted by Gasteiger charge is -2.32. The van der Waals surface area contributed by atoms with Gasteiger partial charge in [0.25, 0.3) is 0 Å². The van der Waals surface area contributed by atoms with Crippen LogP contribution in [0.5, 0.6) is 0 Å². The Labute approximate surface area is 221 Å². The van der Waals surface area contributed by atoms with Crippen LogP contribution in [-0.4, -0.2) is 42.4 Å². The molecule has 1 heterocycles. The summed E-state index contributed by atoms with van der Waals surface area (Å²) in [5.74, 6) is -0.202. The number of nitrogens with two attached hydrogens (primary N) is 1. The van der Waals surface area contributed by atoms with Gasteiger partial charge in [-0.2, -0.15) is 13.5 Å². The normalized spacial score (nSPS) is 15.6. The zero-order chi connectivity index (χ0) is 23.6. The molecule has 0 spiro atoms. The first kappa shape index (κ1) is 28.7. The van der Waals surface area contributed by atoms with Gasteiger partial charge in [-0.3, -0.25) is 9.59 Å². The number of piperidine rings is 1. The standard InChI is InChI=1S/C28H33N3O2.ClH.H2S/c1-28(2,3)27(33)30-18-24(29)26(32)31-16-14-21(15-17-31)25-22-10-6-4-8-19(22)12-13-20-9-5-7-11-23(20)25;;/h4-13,24H,14-18,29H2,1-3H3,(H,30,33);1H;1H2/t24-;;/m0../s1. The number of benzene rings is 2. The third-order valence-electron chi connectivity index (χ3n) is 6.42. The van der Waals surface area contributed by atoms with Gasteiger partial charge in [0.2, 0.25) is 11.8 Å². The molecule has 0 radical (unpaired) electrons. The highest BCUT2D eigenvalue weighted by Gasteiger charge is 2.28. The fourth-order valence-electron chi connectivity index (χ4n) is 4.48. The van der Waals surface area contributed by atoms with Crippen LogP contribution in [0.25, 0.3) is 17.7 Å². The van der Waals surface area contributed by atoms with Crippen LogP contribution in [0.1, 0.15) is 55.9 Å². The minimum Gasteiger partial charge on any atom is -0.354 e. The van der Waals surface area contributed by atoms with Gasteiger partial charge in [-0.05, 0) is 40.7 Å². The molecular formula is C28H36ClN3O2S. The quantitative estimate of drug-likeness (QED) is 0.536. The molecule has 2 aliphatic rings. The molecule has 0 bridgehead atoms. The van der Waals surface area contributed by atoms with Crippen molar-refractivity contribution in [1.82, 2.24) is 10.2 Å². The summed E-state index contributed by atoms with van der Waals surface area (Å²) in [6.45, 7) is 6.95. The maximum Gasteiger partial charge on any atom is 0.241 e. The van der Waals surface area contributed by atoms with Crippen LogP contribution in [-0.2, 0) is 9.59 Å². The Hall–Kier alpha value is -2.54. The zero-order valence-corrected chi connectivity index (χ0v) is 22.5. The average Bonchev–Trinajstić information content (AvgIpc) is 2.98. The number of amides is 2. The van der Waals surface area contributed by atoms with E-state index in [9.17, 15) is 9.59 Å². The van der Waals surface area contributed by atoms with E-state index >= 15 is 0 Å². The van der Waals surface area contributed by atoms with Crippen LogP contribution in [0.4, 0.5) is 0 Å². The number of likely N-dealkylation sites (tertiary alicyclic amines) is 1. The lowest BCUT2D eigenvalue weighted by atomic mass is 9.86. The Balaban J connectivity index is 0.00000216. The van der Waals surface area contributed by atoms with E-state index < -0.39 is 11.5 Å². The molecule has 1 saturated heterocycles. The van der Waals surface area contributed by atoms with E-state index in [4.69, 9.17) is 5.73 Å². The van der Waals surface area contributed by atoms with Gasteiger partial charge in [0.15, 0.2) is 0 Å². The molecule has 3 N–H and O–H groups in total. The van der Waals surface area contributed by atoms with Crippen molar-refractivity contribution in [2.45, 2.75) is 39.7 Å². The molecule has 1 aliphatic carbocycles. The fraction of sp³-hybridized carbons (Fsp3) is 0.357. The summed E-state index contributed by atoms with van der Waals surface area (Å²) in [6.07, 6.45) is 5.99. The lowest BCUT2D eigenvalue weighted by Crippen LogP contribution is -2.52. The third kappa shape index (κ3) is 6.37. The summed E-state index contributed by atoms with van der Waals surface area (Å²) in [4.78, 5) is 26.9. The number of hydrogen-bond donors (Lipinski definition) is 2. The Kier molecular flexibility index (Phi) is 9.78. The van der Waals surface area contributed by atoms with E-state index in [-0.39, 0.29) is 44.3 Å². The average molecular weight is 514 g/mol. The number of halogens is 1. The molecule has 35 heavy (non-hydrogen) atoms. The molecule has 7 heteroatoms. The van der Waals surface area contributed by atoms with E-state index in [1.165, 1.54) is 33.4 Å². The Morgan fingerprint density at radius 1 is 0.943 bits per heavy atom. The summed E-state index contributed by atoms with van der Waals surface area (Å²) >= 11 is 0. The van der Waals surface area contributed by atoms with Gasteiger partial charge >= 0.3 is 0 Å². The fourth-order valence-corrected chi connectivity index (χ4v) is 4.48. The second-order valence-corrected chi connectivity index (χ2v) is 9.88. The van der Waals surface area contributed by atoms with Gasteiger partial charge in [-0.1, -0.05) is 87.0 Å². The van der Waals surface area contributed by atoms with E-state index in [1.807, 2.05) is 25.7 Å². The lowest BCUT2D eigenvalue weighted by molar-refractivity contribution is -0.133. The highest BCUT2D eigenvalue weighted by atomic mass is 35.5. The van der Waals surface area contributed by atoms with Crippen molar-refractivity contribution in [3.63, 3.8) is 0 Å². The number of carbonyl (C=O) groups excluding carboxylic acids is 2. The first-order chi connectivity index (χ1) is 15.8. The number of hydrogen-bond acceptors (Lipinski definition) is 3. The van der Waals surface area contributed by atoms with Crippen LogP contribution < -0.4 is 11.1 Å². The maximum atomic E-state index is 12.9. The van der Waals surface area contributed by atoms with Crippen molar-refractivity contribution in [3.8, 4) is 0 Å². The topological polar surface area (TPSA) is 75.4 Å². The van der Waals surface area contributed by atoms with Crippen LogP contribution in [0.2, 0.25) is 0 Å². The van der Waals surface area contributed by atoms with Crippen LogP contribution in [0.3, 0.4) is 0 Å². The molecule has 0 unspecified atom stereocenters. The predicted octanol–water partition coefficient (Wildman–Crippen LogP) is 4.62.